The monoisotopic (exact) mass is 279 g/mol. The number of benzene rings is 1. The van der Waals surface area contributed by atoms with Crippen LogP contribution in [0, 0.1) is 0 Å². The Kier molecular flexibility index (Phi) is 7.35. The van der Waals surface area contributed by atoms with E-state index in [0.717, 1.165) is 19.3 Å². The van der Waals surface area contributed by atoms with Gasteiger partial charge >= 0.3 is 5.97 Å². The maximum absolute atomic E-state index is 11.9. The normalized spacial score (nSPS) is 11.8. The molecule has 0 saturated carbocycles. The van der Waals surface area contributed by atoms with Crippen LogP contribution in [-0.2, 0) is 9.53 Å². The molecule has 0 saturated heterocycles. The molecule has 1 aromatic carbocycles. The highest BCUT2D eigenvalue weighted by molar-refractivity contribution is 5.96. The Morgan fingerprint density at radius 2 is 1.90 bits per heavy atom. The highest BCUT2D eigenvalue weighted by Crippen LogP contribution is 2.06. The van der Waals surface area contributed by atoms with Gasteiger partial charge in [0.15, 0.2) is 0 Å². The van der Waals surface area contributed by atoms with Crippen molar-refractivity contribution in [3.05, 3.63) is 35.9 Å². The molecule has 20 heavy (non-hydrogen) atoms. The van der Waals surface area contributed by atoms with Gasteiger partial charge in [-0.1, -0.05) is 31.0 Å². The molecule has 0 heterocycles. The van der Waals surface area contributed by atoms with Gasteiger partial charge < -0.3 is 15.2 Å². The molecule has 5 nitrogen and oxygen atoms in total. The third-order valence-corrected chi connectivity index (χ3v) is 2.98. The molecule has 110 valence electrons. The average Bonchev–Trinajstić information content (AvgIpc) is 2.46. The van der Waals surface area contributed by atoms with Crippen molar-refractivity contribution in [2.45, 2.75) is 31.7 Å². The number of unbranched alkanes of at least 4 members (excludes halogenated alkanes) is 2. The molecule has 1 rings (SSSR count). The summed E-state index contributed by atoms with van der Waals surface area (Å²) in [6, 6.07) is 7.77. The molecule has 1 amide bonds. The van der Waals surface area contributed by atoms with E-state index in [9.17, 15) is 9.59 Å². The third kappa shape index (κ3) is 5.84. The zero-order chi connectivity index (χ0) is 14.8. The van der Waals surface area contributed by atoms with Crippen LogP contribution in [0.1, 0.15) is 36.0 Å². The van der Waals surface area contributed by atoms with Crippen molar-refractivity contribution in [2.24, 2.45) is 0 Å². The lowest BCUT2D eigenvalue weighted by Gasteiger charge is -2.14. The van der Waals surface area contributed by atoms with Crippen LogP contribution in [0.25, 0.3) is 0 Å². The van der Waals surface area contributed by atoms with E-state index in [0.29, 0.717) is 18.6 Å². The Labute approximate surface area is 118 Å². The molecule has 1 atom stereocenters. The Balaban J connectivity index is 2.43. The first-order valence-corrected chi connectivity index (χ1v) is 6.73. The number of carboxylic acids is 1. The van der Waals surface area contributed by atoms with Gasteiger partial charge in [-0.3, -0.25) is 4.79 Å². The number of rotatable bonds is 9. The van der Waals surface area contributed by atoms with E-state index in [1.54, 1.807) is 37.4 Å². The summed E-state index contributed by atoms with van der Waals surface area (Å²) < 4.78 is 4.93. The number of carbonyl (C=O) groups excluding carboxylic acids is 1. The Hall–Kier alpha value is -1.88. The van der Waals surface area contributed by atoms with Gasteiger partial charge in [0.25, 0.3) is 5.91 Å². The summed E-state index contributed by atoms with van der Waals surface area (Å²) in [7, 11) is 1.64. The van der Waals surface area contributed by atoms with Crippen molar-refractivity contribution in [2.75, 3.05) is 13.7 Å². The fourth-order valence-corrected chi connectivity index (χ4v) is 1.86. The molecule has 0 radical (unpaired) electrons. The lowest BCUT2D eigenvalue weighted by molar-refractivity contribution is -0.139. The minimum absolute atomic E-state index is 0.352. The number of aliphatic carboxylic acids is 1. The van der Waals surface area contributed by atoms with Crippen LogP contribution < -0.4 is 5.32 Å². The fraction of sp³-hybridized carbons (Fsp3) is 0.467. The van der Waals surface area contributed by atoms with Gasteiger partial charge in [0.05, 0.1) is 0 Å². The molecule has 0 aliphatic rings. The Bertz CT molecular complexity index is 419. The number of nitrogens with one attached hydrogen (secondary N) is 1. The minimum Gasteiger partial charge on any atom is -0.480 e. The van der Waals surface area contributed by atoms with Gasteiger partial charge in [0, 0.05) is 19.3 Å². The van der Waals surface area contributed by atoms with E-state index in [4.69, 9.17) is 9.84 Å². The first kappa shape index (κ1) is 16.2. The highest BCUT2D eigenvalue weighted by atomic mass is 16.5. The quantitative estimate of drug-likeness (QED) is 0.679. The van der Waals surface area contributed by atoms with Gasteiger partial charge in [-0.15, -0.1) is 0 Å². The fourth-order valence-electron chi connectivity index (χ4n) is 1.86. The summed E-state index contributed by atoms with van der Waals surface area (Å²) in [5.41, 5.74) is 0.470. The molecule has 5 heteroatoms. The average molecular weight is 279 g/mol. The summed E-state index contributed by atoms with van der Waals surface area (Å²) in [4.78, 5) is 23.0. The van der Waals surface area contributed by atoms with Crippen LogP contribution in [0.2, 0.25) is 0 Å². The molecular weight excluding hydrogens is 258 g/mol. The molecule has 0 aliphatic carbocycles. The van der Waals surface area contributed by atoms with Crippen LogP contribution in [0.3, 0.4) is 0 Å². The summed E-state index contributed by atoms with van der Waals surface area (Å²) in [6.07, 6.45) is 2.96. The van der Waals surface area contributed by atoms with Gasteiger partial charge in [-0.05, 0) is 25.0 Å². The van der Waals surface area contributed by atoms with Gasteiger partial charge in [0.1, 0.15) is 6.04 Å². The zero-order valence-electron chi connectivity index (χ0n) is 11.7. The van der Waals surface area contributed by atoms with Crippen LogP contribution >= 0.6 is 0 Å². The summed E-state index contributed by atoms with van der Waals surface area (Å²) in [5, 5.41) is 11.7. The minimum atomic E-state index is -0.999. The summed E-state index contributed by atoms with van der Waals surface area (Å²) >= 11 is 0. The number of ether oxygens (including phenoxy) is 1. The van der Waals surface area contributed by atoms with Gasteiger partial charge in [-0.25, -0.2) is 4.79 Å². The lowest BCUT2D eigenvalue weighted by Crippen LogP contribution is -2.40. The summed E-state index contributed by atoms with van der Waals surface area (Å²) in [6.45, 7) is 0.675. The number of carboxylic acid groups (broad SMARTS) is 1. The Morgan fingerprint density at radius 3 is 2.50 bits per heavy atom. The van der Waals surface area contributed by atoms with Crippen molar-refractivity contribution in [1.29, 1.82) is 0 Å². The van der Waals surface area contributed by atoms with E-state index in [2.05, 4.69) is 5.32 Å². The van der Waals surface area contributed by atoms with E-state index in [-0.39, 0.29) is 5.91 Å². The van der Waals surface area contributed by atoms with E-state index < -0.39 is 12.0 Å². The third-order valence-electron chi connectivity index (χ3n) is 2.98. The van der Waals surface area contributed by atoms with Gasteiger partial charge in [0.2, 0.25) is 0 Å². The number of hydrogen-bond acceptors (Lipinski definition) is 3. The van der Waals surface area contributed by atoms with Gasteiger partial charge in [-0.2, -0.15) is 0 Å². The predicted octanol–water partition coefficient (Wildman–Crippen LogP) is 2.08. The molecule has 1 unspecified atom stereocenters. The Morgan fingerprint density at radius 1 is 1.20 bits per heavy atom. The second kappa shape index (κ2) is 9.09. The number of methoxy groups -OCH3 is 1. The van der Waals surface area contributed by atoms with E-state index in [1.165, 1.54) is 0 Å². The largest absolute Gasteiger partial charge is 0.480 e. The molecular formula is C15H21NO4. The molecule has 0 fully saturated rings. The van der Waals surface area contributed by atoms with E-state index >= 15 is 0 Å². The van der Waals surface area contributed by atoms with Crippen LogP contribution in [0.15, 0.2) is 30.3 Å². The van der Waals surface area contributed by atoms with Crippen molar-refractivity contribution in [3.8, 4) is 0 Å². The van der Waals surface area contributed by atoms with Crippen LogP contribution in [0.5, 0.6) is 0 Å². The lowest BCUT2D eigenvalue weighted by atomic mass is 10.1. The smallest absolute Gasteiger partial charge is 0.326 e. The molecule has 0 aromatic heterocycles. The van der Waals surface area contributed by atoms with Crippen LogP contribution in [0.4, 0.5) is 0 Å². The maximum atomic E-state index is 11.9. The molecule has 1 aromatic rings. The second-order valence-electron chi connectivity index (χ2n) is 4.57. The van der Waals surface area contributed by atoms with E-state index in [1.807, 2.05) is 0 Å². The van der Waals surface area contributed by atoms with Crippen LogP contribution in [-0.4, -0.2) is 36.7 Å². The highest BCUT2D eigenvalue weighted by Gasteiger charge is 2.19. The van der Waals surface area contributed by atoms with Crippen molar-refractivity contribution in [1.82, 2.24) is 5.32 Å². The molecule has 0 bridgehead atoms. The van der Waals surface area contributed by atoms with Crippen molar-refractivity contribution < 1.29 is 19.4 Å². The summed E-state index contributed by atoms with van der Waals surface area (Å²) in [5.74, 6) is -1.35. The zero-order valence-corrected chi connectivity index (χ0v) is 11.7. The molecule has 0 aliphatic heterocycles. The number of hydrogen-bond donors (Lipinski definition) is 2. The maximum Gasteiger partial charge on any atom is 0.326 e. The second-order valence-corrected chi connectivity index (χ2v) is 4.57. The SMILES string of the molecule is COCCCCCC(NC(=O)c1ccccc1)C(=O)O. The number of amides is 1. The topological polar surface area (TPSA) is 75.6 Å². The predicted molar refractivity (Wildman–Crippen MR) is 75.7 cm³/mol. The molecule has 2 N–H and O–H groups in total. The number of carbonyl (C=O) groups is 2. The standard InChI is InChI=1S/C15H21NO4/c1-20-11-7-3-6-10-13(15(18)19)16-14(17)12-8-4-2-5-9-12/h2,4-5,8-9,13H,3,6-7,10-11H2,1H3,(H,16,17)(H,18,19). The first-order chi connectivity index (χ1) is 9.65. The van der Waals surface area contributed by atoms with Crippen molar-refractivity contribution >= 4 is 11.9 Å². The van der Waals surface area contributed by atoms with Crippen molar-refractivity contribution in [3.63, 3.8) is 0 Å². The molecule has 0 spiro atoms. The first-order valence-electron chi connectivity index (χ1n) is 6.73.